The summed E-state index contributed by atoms with van der Waals surface area (Å²) in [4.78, 5) is 0. The van der Waals surface area contributed by atoms with Crippen molar-refractivity contribution in [2.24, 2.45) is 0 Å². The summed E-state index contributed by atoms with van der Waals surface area (Å²) in [7, 11) is -1.92. The molecular formula is C42H76Cl2P2. The van der Waals surface area contributed by atoms with E-state index in [4.69, 9.17) is 0 Å². The fraction of sp³-hybridized carbons (Fsp3) is 0.762. The summed E-state index contributed by atoms with van der Waals surface area (Å²) in [5, 5.41) is 2.99. The van der Waals surface area contributed by atoms with Gasteiger partial charge in [0.25, 0.3) is 0 Å². The fourth-order valence-electron chi connectivity index (χ4n) is 7.64. The summed E-state index contributed by atoms with van der Waals surface area (Å²) in [6, 6.07) is 15.3. The Morgan fingerprint density at radius 2 is 0.587 bits per heavy atom. The molecule has 0 saturated heterocycles. The minimum Gasteiger partial charge on any atom is -1.00 e. The van der Waals surface area contributed by atoms with Gasteiger partial charge in [-0.1, -0.05) is 143 Å². The van der Waals surface area contributed by atoms with Crippen LogP contribution in [0.3, 0.4) is 0 Å². The van der Waals surface area contributed by atoms with Gasteiger partial charge < -0.3 is 24.8 Å². The molecule has 2 aromatic rings. The number of benzene rings is 2. The molecule has 268 valence electrons. The third kappa shape index (κ3) is 17.7. The van der Waals surface area contributed by atoms with Gasteiger partial charge >= 0.3 is 0 Å². The molecule has 0 atom stereocenters. The molecule has 0 bridgehead atoms. The Morgan fingerprint density at radius 3 is 0.804 bits per heavy atom. The van der Waals surface area contributed by atoms with E-state index in [0.717, 1.165) is 0 Å². The molecule has 0 unspecified atom stereocenters. The van der Waals surface area contributed by atoms with Crippen molar-refractivity contribution in [3.8, 4) is 0 Å². The molecule has 0 fully saturated rings. The quantitative estimate of drug-likeness (QED) is 0.0610. The molecule has 0 aliphatic heterocycles. The number of fused-ring (bicyclic) bond motifs is 1. The summed E-state index contributed by atoms with van der Waals surface area (Å²) >= 11 is 0. The zero-order valence-corrected chi connectivity index (χ0v) is 34.8. The van der Waals surface area contributed by atoms with Gasteiger partial charge in [0, 0.05) is 14.5 Å². The van der Waals surface area contributed by atoms with E-state index >= 15 is 0 Å². The van der Waals surface area contributed by atoms with Gasteiger partial charge in [-0.3, -0.25) is 0 Å². The fourth-order valence-corrected chi connectivity index (χ4v) is 17.2. The maximum atomic E-state index is 2.61. The van der Waals surface area contributed by atoms with Crippen molar-refractivity contribution in [2.45, 2.75) is 169 Å². The van der Waals surface area contributed by atoms with E-state index in [-0.39, 0.29) is 24.8 Å². The van der Waals surface area contributed by atoms with E-state index < -0.39 is 14.5 Å². The minimum atomic E-state index is -0.959. The Morgan fingerprint density at radius 1 is 0.348 bits per heavy atom. The van der Waals surface area contributed by atoms with Crippen molar-refractivity contribution in [1.82, 2.24) is 0 Å². The first-order chi connectivity index (χ1) is 21.5. The van der Waals surface area contributed by atoms with Crippen molar-refractivity contribution in [1.29, 1.82) is 0 Å². The maximum absolute atomic E-state index is 2.61. The summed E-state index contributed by atoms with van der Waals surface area (Å²) < 4.78 is 0. The second kappa shape index (κ2) is 27.9. The Bertz CT molecular complexity index is 858. The van der Waals surface area contributed by atoms with Gasteiger partial charge in [-0.05, 0) is 72.6 Å². The molecule has 0 aliphatic carbocycles. The maximum Gasteiger partial charge on any atom is 0.0843 e. The molecule has 0 spiro atoms. The average molecular weight is 714 g/mol. The Hall–Kier alpha value is 0.140. The van der Waals surface area contributed by atoms with E-state index in [2.05, 4.69) is 77.9 Å². The average Bonchev–Trinajstić information content (AvgIpc) is 3.02. The van der Waals surface area contributed by atoms with Crippen LogP contribution in [0.25, 0.3) is 10.8 Å². The summed E-state index contributed by atoms with van der Waals surface area (Å²) in [6.45, 7) is 14.2. The van der Waals surface area contributed by atoms with Crippen molar-refractivity contribution in [3.63, 3.8) is 0 Å². The molecule has 0 aromatic heterocycles. The first kappa shape index (κ1) is 46.1. The van der Waals surface area contributed by atoms with E-state index in [0.29, 0.717) is 0 Å². The third-order valence-electron chi connectivity index (χ3n) is 10.4. The molecule has 0 amide bonds. The summed E-state index contributed by atoms with van der Waals surface area (Å²) in [6.07, 6.45) is 37.3. The molecule has 0 aliphatic rings. The molecule has 2 rings (SSSR count). The predicted octanol–water partition coefficient (Wildman–Crippen LogP) is 9.02. The first-order valence-electron chi connectivity index (χ1n) is 19.7. The lowest BCUT2D eigenvalue weighted by Crippen LogP contribution is -3.00. The highest BCUT2D eigenvalue weighted by Crippen LogP contribution is 2.64. The van der Waals surface area contributed by atoms with Crippen LogP contribution in [0.5, 0.6) is 0 Å². The number of hydrogen-bond acceptors (Lipinski definition) is 0. The number of rotatable bonds is 28. The number of halogens is 2. The van der Waals surface area contributed by atoms with Crippen molar-refractivity contribution < 1.29 is 24.8 Å². The highest BCUT2D eigenvalue weighted by atomic mass is 35.5. The standard InChI is InChI=1S/C42H76P2.2ClH/c1-7-13-19-29-43(30-20-14-8-2,31-21-15-9-3)37-39-25-27-42-36-40(26-28-41(42)35-39)38-44(32-22-16-10-4,33-23-17-11-5)34-24-18-12-6;;/h25-28,35-36H,7-24,29-34,37-38H2,1-6H3;2*1H/q+2;;/p-2. The molecule has 46 heavy (non-hydrogen) atoms. The Balaban J connectivity index is 0.0000101. The van der Waals surface area contributed by atoms with Gasteiger partial charge in [0.2, 0.25) is 0 Å². The molecule has 0 N–H and O–H groups in total. The molecule has 4 heteroatoms. The highest BCUT2D eigenvalue weighted by Gasteiger charge is 2.37. The van der Waals surface area contributed by atoms with Gasteiger partial charge in [0.15, 0.2) is 0 Å². The monoisotopic (exact) mass is 712 g/mol. The molecule has 0 nitrogen and oxygen atoms in total. The van der Waals surface area contributed by atoms with Gasteiger partial charge in [0.05, 0.1) is 49.3 Å². The van der Waals surface area contributed by atoms with Gasteiger partial charge in [-0.2, -0.15) is 0 Å². The number of hydrogen-bond donors (Lipinski definition) is 0. The molecule has 0 heterocycles. The van der Waals surface area contributed by atoms with E-state index in [1.165, 1.54) is 176 Å². The normalized spacial score (nSPS) is 11.9. The topological polar surface area (TPSA) is 0 Å². The minimum absolute atomic E-state index is 0. The van der Waals surface area contributed by atoms with Crippen LogP contribution in [0.2, 0.25) is 0 Å². The van der Waals surface area contributed by atoms with E-state index in [1.807, 2.05) is 0 Å². The zero-order valence-electron chi connectivity index (χ0n) is 31.5. The predicted molar refractivity (Wildman–Crippen MR) is 212 cm³/mol. The Labute approximate surface area is 302 Å². The van der Waals surface area contributed by atoms with Crippen molar-refractivity contribution in [3.05, 3.63) is 47.5 Å². The smallest absolute Gasteiger partial charge is 0.0843 e. The Kier molecular flexibility index (Phi) is 28.0. The third-order valence-corrected chi connectivity index (χ3v) is 20.1. The van der Waals surface area contributed by atoms with E-state index in [1.54, 1.807) is 11.1 Å². The largest absolute Gasteiger partial charge is 1.00 e. The first-order valence-corrected chi connectivity index (χ1v) is 24.8. The lowest BCUT2D eigenvalue weighted by molar-refractivity contribution is -0.001000. The van der Waals surface area contributed by atoms with Crippen LogP contribution >= 0.6 is 14.5 Å². The highest BCUT2D eigenvalue weighted by molar-refractivity contribution is 7.75. The number of unbranched alkanes of at least 4 members (excludes halogenated alkanes) is 12. The van der Waals surface area contributed by atoms with Gasteiger partial charge in [-0.25, -0.2) is 0 Å². The van der Waals surface area contributed by atoms with E-state index in [9.17, 15) is 0 Å². The van der Waals surface area contributed by atoms with Crippen LogP contribution in [0.15, 0.2) is 36.4 Å². The van der Waals surface area contributed by atoms with Crippen LogP contribution in [0, 0.1) is 0 Å². The van der Waals surface area contributed by atoms with Crippen LogP contribution in [0.4, 0.5) is 0 Å². The van der Waals surface area contributed by atoms with Crippen molar-refractivity contribution in [2.75, 3.05) is 37.0 Å². The van der Waals surface area contributed by atoms with Crippen LogP contribution in [-0.2, 0) is 12.3 Å². The molecule has 0 saturated carbocycles. The van der Waals surface area contributed by atoms with Crippen molar-refractivity contribution >= 4 is 25.3 Å². The van der Waals surface area contributed by atoms with Gasteiger partial charge in [0.1, 0.15) is 0 Å². The molecule has 2 aromatic carbocycles. The summed E-state index contributed by atoms with van der Waals surface area (Å²) in [5.74, 6) is 0. The zero-order chi connectivity index (χ0) is 31.9. The second-order valence-electron chi connectivity index (χ2n) is 14.6. The van der Waals surface area contributed by atoms with Crippen LogP contribution < -0.4 is 24.8 Å². The molecular weight excluding hydrogens is 637 g/mol. The molecule has 0 radical (unpaired) electrons. The summed E-state index contributed by atoms with van der Waals surface area (Å²) in [5.41, 5.74) is 3.28. The lowest BCUT2D eigenvalue weighted by Gasteiger charge is -2.29. The van der Waals surface area contributed by atoms with Crippen LogP contribution in [0.1, 0.15) is 168 Å². The van der Waals surface area contributed by atoms with Gasteiger partial charge in [-0.15, -0.1) is 0 Å². The second-order valence-corrected chi connectivity index (χ2v) is 23.3. The van der Waals surface area contributed by atoms with Crippen LogP contribution in [-0.4, -0.2) is 37.0 Å². The SMILES string of the molecule is CCCCC[P+](CCCCC)(CCCCC)Cc1ccc2cc(C[P+](CCCCC)(CCCCC)CCCCC)ccc2c1.[Cl-].[Cl-]. The lowest BCUT2D eigenvalue weighted by atomic mass is 10.1.